The van der Waals surface area contributed by atoms with Crippen LogP contribution in [0.25, 0.3) is 0 Å². The molecule has 0 aromatic rings. The minimum atomic E-state index is -0.684. The number of hydrogen-bond donors (Lipinski definition) is 3. The first-order chi connectivity index (χ1) is 31.5. The van der Waals surface area contributed by atoms with Gasteiger partial charge in [-0.1, -0.05) is 237 Å². The van der Waals surface area contributed by atoms with Crippen molar-refractivity contribution in [1.82, 2.24) is 5.32 Å². The molecule has 0 aliphatic carbocycles. The number of rotatable bonds is 52. The van der Waals surface area contributed by atoms with Crippen molar-refractivity contribution in [3.05, 3.63) is 36.5 Å². The summed E-state index contributed by atoms with van der Waals surface area (Å²) >= 11 is 0. The Morgan fingerprint density at radius 3 is 1.22 bits per heavy atom. The Hall–Kier alpha value is -1.92. The van der Waals surface area contributed by atoms with E-state index in [1.807, 2.05) is 0 Å². The number of aliphatic hydroxyl groups is 2. The van der Waals surface area contributed by atoms with Crippen LogP contribution in [0, 0.1) is 0 Å². The van der Waals surface area contributed by atoms with Crippen LogP contribution in [0.15, 0.2) is 36.5 Å². The Kier molecular flexibility index (Phi) is 52.1. The third-order valence-corrected chi connectivity index (χ3v) is 12.9. The fourth-order valence-corrected chi connectivity index (χ4v) is 8.55. The highest BCUT2D eigenvalue weighted by Gasteiger charge is 2.20. The molecule has 0 saturated heterocycles. The molecule has 64 heavy (non-hydrogen) atoms. The quantitative estimate of drug-likeness (QED) is 0.0321. The molecule has 0 spiro atoms. The van der Waals surface area contributed by atoms with E-state index in [1.165, 1.54) is 167 Å². The van der Waals surface area contributed by atoms with Crippen molar-refractivity contribution in [3.63, 3.8) is 0 Å². The molecule has 6 nitrogen and oxygen atoms in total. The summed E-state index contributed by atoms with van der Waals surface area (Å²) < 4.78 is 5.44. The molecule has 2 atom stereocenters. The Bertz CT molecular complexity index is 1040. The van der Waals surface area contributed by atoms with Crippen molar-refractivity contribution >= 4 is 11.9 Å². The molecule has 0 aromatic carbocycles. The molecule has 0 aliphatic heterocycles. The van der Waals surface area contributed by atoms with Crippen LogP contribution in [0.3, 0.4) is 0 Å². The highest BCUT2D eigenvalue weighted by Crippen LogP contribution is 2.17. The normalized spacial score (nSPS) is 12.9. The van der Waals surface area contributed by atoms with E-state index in [-0.39, 0.29) is 18.5 Å². The number of carbonyl (C=O) groups is 2. The summed E-state index contributed by atoms with van der Waals surface area (Å²) in [6, 6.07) is -0.565. The van der Waals surface area contributed by atoms with E-state index in [0.717, 1.165) is 96.3 Å². The van der Waals surface area contributed by atoms with Gasteiger partial charge in [0.05, 0.1) is 25.4 Å². The van der Waals surface area contributed by atoms with Crippen LogP contribution in [-0.4, -0.2) is 47.4 Å². The van der Waals surface area contributed by atoms with Gasteiger partial charge in [-0.15, -0.1) is 0 Å². The van der Waals surface area contributed by atoms with Crippen molar-refractivity contribution in [2.24, 2.45) is 0 Å². The maximum Gasteiger partial charge on any atom is 0.305 e. The second-order valence-corrected chi connectivity index (χ2v) is 19.3. The maximum absolute atomic E-state index is 12.5. The minimum Gasteiger partial charge on any atom is -0.466 e. The minimum absolute atomic E-state index is 0.0443. The fourth-order valence-electron chi connectivity index (χ4n) is 8.55. The first-order valence-corrected chi connectivity index (χ1v) is 28.2. The van der Waals surface area contributed by atoms with Crippen LogP contribution >= 0.6 is 0 Å². The summed E-state index contributed by atoms with van der Waals surface area (Å²) in [6.45, 7) is 4.86. The van der Waals surface area contributed by atoms with E-state index in [0.29, 0.717) is 25.9 Å². The van der Waals surface area contributed by atoms with E-state index >= 15 is 0 Å². The van der Waals surface area contributed by atoms with Crippen molar-refractivity contribution in [2.45, 2.75) is 309 Å². The molecular formula is C58H109NO5. The molecule has 0 fully saturated rings. The van der Waals surface area contributed by atoms with Gasteiger partial charge in [-0.25, -0.2) is 0 Å². The zero-order valence-electron chi connectivity index (χ0n) is 42.8. The summed E-state index contributed by atoms with van der Waals surface area (Å²) in [7, 11) is 0. The molecule has 0 rings (SSSR count). The smallest absolute Gasteiger partial charge is 0.305 e. The van der Waals surface area contributed by atoms with Gasteiger partial charge in [0.25, 0.3) is 0 Å². The predicted octanol–water partition coefficient (Wildman–Crippen LogP) is 17.2. The highest BCUT2D eigenvalue weighted by atomic mass is 16.5. The first kappa shape index (κ1) is 62.1. The monoisotopic (exact) mass is 900 g/mol. The van der Waals surface area contributed by atoms with Gasteiger partial charge in [0.15, 0.2) is 0 Å². The topological polar surface area (TPSA) is 95.9 Å². The molecule has 2 unspecified atom stereocenters. The van der Waals surface area contributed by atoms with Crippen LogP contribution < -0.4 is 5.32 Å². The third kappa shape index (κ3) is 49.5. The molecule has 1 amide bonds. The number of carbonyl (C=O) groups excluding carboxylic acids is 2. The largest absolute Gasteiger partial charge is 0.466 e. The van der Waals surface area contributed by atoms with Crippen LogP contribution in [0.1, 0.15) is 296 Å². The van der Waals surface area contributed by atoms with E-state index in [1.54, 1.807) is 0 Å². The molecule has 0 aromatic heterocycles. The standard InChI is InChI=1S/C58H109NO5/c1-3-5-7-9-11-13-15-17-19-21-22-23-24-25-27-30-34-38-42-46-50-56(61)55(54-60)59-57(62)51-47-43-39-35-31-29-33-37-41-45-49-53-64-58(63)52-48-44-40-36-32-28-26-20-18-16-14-12-10-8-6-4-2/h14,16,20,26,33,37,55-56,60-61H,3-13,15,17-19,21-25,27-32,34-36,38-54H2,1-2H3,(H,59,62)/b16-14-,26-20-,37-33-. The number of ether oxygens (including phenoxy) is 1. The molecule has 0 radical (unpaired) electrons. The van der Waals surface area contributed by atoms with Gasteiger partial charge in [0.2, 0.25) is 5.91 Å². The average molecular weight is 901 g/mol. The maximum atomic E-state index is 12.5. The van der Waals surface area contributed by atoms with Crippen molar-refractivity contribution in [3.8, 4) is 0 Å². The Morgan fingerprint density at radius 1 is 0.438 bits per heavy atom. The van der Waals surface area contributed by atoms with Crippen LogP contribution in [0.4, 0.5) is 0 Å². The molecule has 0 heterocycles. The van der Waals surface area contributed by atoms with Gasteiger partial charge >= 0.3 is 5.97 Å². The lowest BCUT2D eigenvalue weighted by molar-refractivity contribution is -0.143. The Balaban J connectivity index is 3.52. The zero-order valence-corrected chi connectivity index (χ0v) is 42.8. The predicted molar refractivity (Wildman–Crippen MR) is 278 cm³/mol. The van der Waals surface area contributed by atoms with Crippen LogP contribution in [-0.2, 0) is 14.3 Å². The lowest BCUT2D eigenvalue weighted by Gasteiger charge is -2.22. The summed E-state index contributed by atoms with van der Waals surface area (Å²) in [5, 5.41) is 23.3. The summed E-state index contributed by atoms with van der Waals surface area (Å²) in [5.41, 5.74) is 0. The lowest BCUT2D eigenvalue weighted by Crippen LogP contribution is -2.45. The summed E-state index contributed by atoms with van der Waals surface area (Å²) in [5.74, 6) is -0.108. The van der Waals surface area contributed by atoms with E-state index in [9.17, 15) is 19.8 Å². The van der Waals surface area contributed by atoms with Crippen molar-refractivity contribution < 1.29 is 24.5 Å². The van der Waals surface area contributed by atoms with Crippen LogP contribution in [0.2, 0.25) is 0 Å². The summed E-state index contributed by atoms with van der Waals surface area (Å²) in [4.78, 5) is 24.5. The number of allylic oxidation sites excluding steroid dienone is 6. The van der Waals surface area contributed by atoms with Gasteiger partial charge in [0, 0.05) is 12.8 Å². The van der Waals surface area contributed by atoms with E-state index in [4.69, 9.17) is 4.74 Å². The molecule has 0 aliphatic rings. The van der Waals surface area contributed by atoms with Gasteiger partial charge in [-0.2, -0.15) is 0 Å². The van der Waals surface area contributed by atoms with E-state index < -0.39 is 12.1 Å². The Labute approximate surface area is 398 Å². The highest BCUT2D eigenvalue weighted by molar-refractivity contribution is 5.76. The van der Waals surface area contributed by atoms with Crippen LogP contribution in [0.5, 0.6) is 0 Å². The van der Waals surface area contributed by atoms with Gasteiger partial charge in [0.1, 0.15) is 0 Å². The van der Waals surface area contributed by atoms with Gasteiger partial charge in [-0.3, -0.25) is 9.59 Å². The van der Waals surface area contributed by atoms with Crippen molar-refractivity contribution in [2.75, 3.05) is 13.2 Å². The van der Waals surface area contributed by atoms with Gasteiger partial charge < -0.3 is 20.3 Å². The molecule has 376 valence electrons. The number of hydrogen-bond acceptors (Lipinski definition) is 5. The molecule has 0 bridgehead atoms. The number of unbranched alkanes of at least 4 members (excludes halogenated alkanes) is 35. The second-order valence-electron chi connectivity index (χ2n) is 19.3. The number of nitrogens with one attached hydrogen (secondary N) is 1. The van der Waals surface area contributed by atoms with Gasteiger partial charge in [-0.05, 0) is 83.5 Å². The Morgan fingerprint density at radius 2 is 0.781 bits per heavy atom. The number of esters is 1. The first-order valence-electron chi connectivity index (χ1n) is 28.2. The number of amides is 1. The fraction of sp³-hybridized carbons (Fsp3) is 0.862. The molecular weight excluding hydrogens is 791 g/mol. The third-order valence-electron chi connectivity index (χ3n) is 12.9. The van der Waals surface area contributed by atoms with Crippen molar-refractivity contribution in [1.29, 1.82) is 0 Å². The molecule has 6 heteroatoms. The molecule has 0 saturated carbocycles. The average Bonchev–Trinajstić information content (AvgIpc) is 3.29. The second kappa shape index (κ2) is 53.7. The zero-order chi connectivity index (χ0) is 46.5. The summed E-state index contributed by atoms with van der Waals surface area (Å²) in [6.07, 6.45) is 65.6. The number of aliphatic hydroxyl groups excluding tert-OH is 2. The lowest BCUT2D eigenvalue weighted by atomic mass is 10.0. The van der Waals surface area contributed by atoms with E-state index in [2.05, 4.69) is 55.6 Å². The molecule has 3 N–H and O–H groups in total. The SMILES string of the molecule is CCCCCC/C=C\C/C=C\CCCCCCCC(=O)OCCCC/C=C\CCCCCCCC(=O)NC(CO)C(O)CCCCCCCCCCCCCCCCCCCCCC.